The van der Waals surface area contributed by atoms with Crippen LogP contribution in [0.1, 0.15) is 48.4 Å². The molecule has 0 bridgehead atoms. The molecule has 148 valence electrons. The lowest BCUT2D eigenvalue weighted by Crippen LogP contribution is -2.32. The molecule has 1 aliphatic rings. The van der Waals surface area contributed by atoms with Gasteiger partial charge in [-0.15, -0.1) is 0 Å². The minimum atomic E-state index is -0.206. The Morgan fingerprint density at radius 1 is 1.37 bits per heavy atom. The number of hydrogen-bond donors (Lipinski definition) is 1. The van der Waals surface area contributed by atoms with Crippen LogP contribution < -0.4 is 5.32 Å². The molecule has 0 aliphatic carbocycles. The van der Waals surface area contributed by atoms with Crippen molar-refractivity contribution in [3.63, 3.8) is 0 Å². The Morgan fingerprint density at radius 3 is 2.96 bits per heavy atom. The summed E-state index contributed by atoms with van der Waals surface area (Å²) in [5.74, 6) is 0.827. The summed E-state index contributed by atoms with van der Waals surface area (Å²) in [5.41, 5.74) is 1.38. The maximum absolute atomic E-state index is 12.1. The highest BCUT2D eigenvalue weighted by molar-refractivity contribution is 5.92. The van der Waals surface area contributed by atoms with Crippen LogP contribution in [0.25, 0.3) is 0 Å². The first-order valence-corrected chi connectivity index (χ1v) is 9.55. The number of nitrogens with zero attached hydrogens (tertiary/aromatic N) is 1. The van der Waals surface area contributed by atoms with Crippen LogP contribution in [-0.4, -0.2) is 37.4 Å². The van der Waals surface area contributed by atoms with Gasteiger partial charge in [0.25, 0.3) is 5.91 Å². The zero-order chi connectivity index (χ0) is 19.3. The Labute approximate surface area is 161 Å². The molecule has 1 fully saturated rings. The molecular formula is C21H30N2O4. The van der Waals surface area contributed by atoms with E-state index in [4.69, 9.17) is 14.0 Å². The molecule has 2 heterocycles. The lowest BCUT2D eigenvalue weighted by atomic mass is 10.0. The van der Waals surface area contributed by atoms with Gasteiger partial charge in [0, 0.05) is 32.4 Å². The second kappa shape index (κ2) is 12.3. The maximum Gasteiger partial charge on any atom is 0.273 e. The zero-order valence-corrected chi connectivity index (χ0v) is 16.0. The standard InChI is InChI=1S/C21H30N2O4/c1-3-4-7-17(2)8-5-6-11-26-16-19-14-20(23-27-19)21(24)22-15-18-9-12-25-13-10-18/h3-4,7,14,18H,1-2,5-6,8-13,15-16H2,(H,22,24)/b7-4-. The molecular weight excluding hydrogens is 344 g/mol. The molecule has 1 aromatic heterocycles. The highest BCUT2D eigenvalue weighted by Gasteiger charge is 2.17. The molecule has 2 rings (SSSR count). The SMILES string of the molecule is C=C/C=C\C(=C)CCCCOCc1cc(C(=O)NCC2CCOCC2)no1. The number of amides is 1. The Balaban J connectivity index is 1.58. The molecule has 1 amide bonds. The van der Waals surface area contributed by atoms with Crippen LogP contribution in [0.15, 0.2) is 47.5 Å². The number of unbranched alkanes of at least 4 members (excludes halogenated alkanes) is 1. The van der Waals surface area contributed by atoms with Gasteiger partial charge in [0.1, 0.15) is 6.61 Å². The first kappa shape index (κ1) is 21.1. The molecule has 1 saturated heterocycles. The second-order valence-electron chi connectivity index (χ2n) is 6.71. The van der Waals surface area contributed by atoms with Crippen molar-refractivity contribution in [1.82, 2.24) is 10.5 Å². The van der Waals surface area contributed by atoms with Gasteiger partial charge < -0.3 is 19.3 Å². The largest absolute Gasteiger partial charge is 0.381 e. The van der Waals surface area contributed by atoms with E-state index in [9.17, 15) is 4.79 Å². The number of carbonyl (C=O) groups excluding carboxylic acids is 1. The van der Waals surface area contributed by atoms with Crippen LogP contribution in [-0.2, 0) is 16.1 Å². The van der Waals surface area contributed by atoms with Gasteiger partial charge >= 0.3 is 0 Å². The van der Waals surface area contributed by atoms with Gasteiger partial charge in [0.2, 0.25) is 0 Å². The molecule has 0 atom stereocenters. The van der Waals surface area contributed by atoms with E-state index in [1.807, 2.05) is 12.2 Å². The van der Waals surface area contributed by atoms with Gasteiger partial charge in [0.15, 0.2) is 11.5 Å². The van der Waals surface area contributed by atoms with Gasteiger partial charge in [0.05, 0.1) is 0 Å². The summed E-state index contributed by atoms with van der Waals surface area (Å²) < 4.78 is 16.1. The zero-order valence-electron chi connectivity index (χ0n) is 16.0. The van der Waals surface area contributed by atoms with Crippen molar-refractivity contribution in [3.05, 3.63) is 54.5 Å². The van der Waals surface area contributed by atoms with E-state index >= 15 is 0 Å². The summed E-state index contributed by atoms with van der Waals surface area (Å²) in [5, 5.41) is 6.74. The van der Waals surface area contributed by atoms with Crippen LogP contribution in [0.2, 0.25) is 0 Å². The monoisotopic (exact) mass is 374 g/mol. The smallest absolute Gasteiger partial charge is 0.273 e. The normalized spacial score (nSPS) is 15.1. The lowest BCUT2D eigenvalue weighted by molar-refractivity contribution is 0.0641. The third-order valence-corrected chi connectivity index (χ3v) is 4.43. The minimum Gasteiger partial charge on any atom is -0.381 e. The summed E-state index contributed by atoms with van der Waals surface area (Å²) >= 11 is 0. The average molecular weight is 374 g/mol. The Bertz CT molecular complexity index is 630. The molecule has 0 spiro atoms. The lowest BCUT2D eigenvalue weighted by Gasteiger charge is -2.21. The van der Waals surface area contributed by atoms with Crippen molar-refractivity contribution in [2.24, 2.45) is 5.92 Å². The first-order valence-electron chi connectivity index (χ1n) is 9.55. The summed E-state index contributed by atoms with van der Waals surface area (Å²) in [7, 11) is 0. The minimum absolute atomic E-state index is 0.206. The Kier molecular flexibility index (Phi) is 9.58. The van der Waals surface area contributed by atoms with Gasteiger partial charge in [-0.3, -0.25) is 4.79 Å². The fourth-order valence-corrected chi connectivity index (χ4v) is 2.78. The number of rotatable bonds is 12. The highest BCUT2D eigenvalue weighted by Crippen LogP contribution is 2.14. The molecule has 1 aromatic rings. The van der Waals surface area contributed by atoms with Gasteiger partial charge in [-0.2, -0.15) is 0 Å². The third kappa shape index (κ3) is 8.37. The van der Waals surface area contributed by atoms with Crippen molar-refractivity contribution in [2.45, 2.75) is 38.7 Å². The number of carbonyl (C=O) groups is 1. The van der Waals surface area contributed by atoms with Crippen LogP contribution in [0.3, 0.4) is 0 Å². The second-order valence-corrected chi connectivity index (χ2v) is 6.71. The van der Waals surface area contributed by atoms with E-state index in [0.29, 0.717) is 37.1 Å². The van der Waals surface area contributed by atoms with Crippen molar-refractivity contribution in [3.8, 4) is 0 Å². The topological polar surface area (TPSA) is 73.6 Å². The summed E-state index contributed by atoms with van der Waals surface area (Å²) in [6.45, 7) is 10.7. The maximum atomic E-state index is 12.1. The number of nitrogens with one attached hydrogen (secondary N) is 1. The fraction of sp³-hybridized carbons (Fsp3) is 0.524. The van der Waals surface area contributed by atoms with E-state index in [1.54, 1.807) is 12.1 Å². The number of ether oxygens (including phenoxy) is 2. The van der Waals surface area contributed by atoms with E-state index < -0.39 is 0 Å². The summed E-state index contributed by atoms with van der Waals surface area (Å²) in [6.07, 6.45) is 10.5. The van der Waals surface area contributed by atoms with E-state index in [1.165, 1.54) is 0 Å². The van der Waals surface area contributed by atoms with Gasteiger partial charge in [-0.05, 0) is 38.0 Å². The van der Waals surface area contributed by atoms with Crippen LogP contribution in [0.5, 0.6) is 0 Å². The van der Waals surface area contributed by atoms with Gasteiger partial charge in [-0.25, -0.2) is 0 Å². The quantitative estimate of drug-likeness (QED) is 0.445. The van der Waals surface area contributed by atoms with Gasteiger partial charge in [-0.1, -0.05) is 42.1 Å². The molecule has 0 aromatic carbocycles. The van der Waals surface area contributed by atoms with Crippen LogP contribution in [0.4, 0.5) is 0 Å². The predicted molar refractivity (Wildman–Crippen MR) is 104 cm³/mol. The van der Waals surface area contributed by atoms with E-state index in [2.05, 4.69) is 23.6 Å². The van der Waals surface area contributed by atoms with Crippen molar-refractivity contribution >= 4 is 5.91 Å². The average Bonchev–Trinajstić information content (AvgIpc) is 3.17. The number of hydrogen-bond acceptors (Lipinski definition) is 5. The number of allylic oxidation sites excluding steroid dienone is 4. The van der Waals surface area contributed by atoms with Crippen LogP contribution in [0, 0.1) is 5.92 Å². The summed E-state index contributed by atoms with van der Waals surface area (Å²) in [6, 6.07) is 1.64. The molecule has 0 radical (unpaired) electrons. The highest BCUT2D eigenvalue weighted by atomic mass is 16.5. The van der Waals surface area contributed by atoms with E-state index in [-0.39, 0.29) is 5.91 Å². The molecule has 6 nitrogen and oxygen atoms in total. The molecule has 0 unspecified atom stereocenters. The molecule has 6 heteroatoms. The van der Waals surface area contributed by atoms with Crippen LogP contribution >= 0.6 is 0 Å². The number of aromatic nitrogens is 1. The van der Waals surface area contributed by atoms with E-state index in [0.717, 1.165) is 50.9 Å². The summed E-state index contributed by atoms with van der Waals surface area (Å²) in [4.78, 5) is 12.1. The third-order valence-electron chi connectivity index (χ3n) is 4.43. The fourth-order valence-electron chi connectivity index (χ4n) is 2.78. The molecule has 27 heavy (non-hydrogen) atoms. The predicted octanol–water partition coefficient (Wildman–Crippen LogP) is 3.82. The molecule has 1 aliphatic heterocycles. The Hall–Kier alpha value is -2.18. The van der Waals surface area contributed by atoms with Crippen molar-refractivity contribution in [1.29, 1.82) is 0 Å². The van der Waals surface area contributed by atoms with Crippen molar-refractivity contribution < 1.29 is 18.8 Å². The molecule has 0 saturated carbocycles. The molecule has 1 N–H and O–H groups in total. The Morgan fingerprint density at radius 2 is 2.19 bits per heavy atom. The van der Waals surface area contributed by atoms with Crippen molar-refractivity contribution in [2.75, 3.05) is 26.4 Å². The first-order chi connectivity index (χ1) is 13.2.